The van der Waals surface area contributed by atoms with Crippen LogP contribution >= 0.6 is 0 Å². The molecular weight excluding hydrogens is 260 g/mol. The summed E-state index contributed by atoms with van der Waals surface area (Å²) in [7, 11) is 0. The van der Waals surface area contributed by atoms with Gasteiger partial charge >= 0.3 is 0 Å². The number of imidazole rings is 1. The van der Waals surface area contributed by atoms with E-state index in [-0.39, 0.29) is 0 Å². The number of para-hydroxylation sites is 1. The van der Waals surface area contributed by atoms with E-state index in [1.54, 1.807) is 6.20 Å². The Kier molecular flexibility index (Phi) is 2.92. The van der Waals surface area contributed by atoms with Crippen LogP contribution in [0.2, 0.25) is 0 Å². The minimum Gasteiger partial charge on any atom is -0.384 e. The lowest BCUT2D eigenvalue weighted by Crippen LogP contribution is -2.13. The number of pyridine rings is 1. The summed E-state index contributed by atoms with van der Waals surface area (Å²) in [4.78, 5) is 8.53. The van der Waals surface area contributed by atoms with Gasteiger partial charge in [0.1, 0.15) is 0 Å². The Balaban J connectivity index is 1.88. The van der Waals surface area contributed by atoms with Crippen molar-refractivity contribution < 1.29 is 0 Å². The maximum atomic E-state index is 4.33. The van der Waals surface area contributed by atoms with Crippen LogP contribution in [0.4, 0.5) is 5.69 Å². The molecule has 0 radical (unpaired) electrons. The molecule has 1 aliphatic rings. The maximum Gasteiger partial charge on any atom is 0.0997 e. The van der Waals surface area contributed by atoms with Gasteiger partial charge in [0, 0.05) is 24.0 Å². The van der Waals surface area contributed by atoms with Crippen molar-refractivity contribution in [3.8, 4) is 16.9 Å². The summed E-state index contributed by atoms with van der Waals surface area (Å²) in [6.45, 7) is 1.03. The van der Waals surface area contributed by atoms with E-state index < -0.39 is 0 Å². The van der Waals surface area contributed by atoms with E-state index >= 15 is 0 Å². The van der Waals surface area contributed by atoms with Crippen LogP contribution in [0, 0.1) is 0 Å². The van der Waals surface area contributed by atoms with Crippen LogP contribution in [0.1, 0.15) is 12.0 Å². The topological polar surface area (TPSA) is 42.7 Å². The second kappa shape index (κ2) is 5.05. The molecule has 0 atom stereocenters. The molecule has 0 spiro atoms. The molecule has 3 aromatic rings. The van der Waals surface area contributed by atoms with Gasteiger partial charge in [-0.1, -0.05) is 18.2 Å². The third kappa shape index (κ3) is 2.09. The predicted molar refractivity (Wildman–Crippen MR) is 83.6 cm³/mol. The number of aromatic nitrogens is 3. The molecule has 4 rings (SSSR count). The molecule has 3 heterocycles. The number of aryl methyl sites for hydroxylation is 1. The first kappa shape index (κ1) is 12.1. The molecule has 21 heavy (non-hydrogen) atoms. The van der Waals surface area contributed by atoms with Gasteiger partial charge in [-0.05, 0) is 30.5 Å². The lowest BCUT2D eigenvalue weighted by atomic mass is 9.98. The minimum atomic E-state index is 1.03. The molecule has 0 aliphatic carbocycles. The first-order chi connectivity index (χ1) is 10.4. The molecule has 2 aromatic heterocycles. The van der Waals surface area contributed by atoms with Gasteiger partial charge in [0.15, 0.2) is 0 Å². The van der Waals surface area contributed by atoms with Crippen LogP contribution in [0.25, 0.3) is 16.9 Å². The monoisotopic (exact) mass is 276 g/mol. The van der Waals surface area contributed by atoms with Gasteiger partial charge in [-0.15, -0.1) is 0 Å². The molecule has 0 saturated carbocycles. The van der Waals surface area contributed by atoms with Crippen molar-refractivity contribution in [2.45, 2.75) is 12.8 Å². The Morgan fingerprint density at radius 1 is 1.05 bits per heavy atom. The predicted octanol–water partition coefficient (Wildman–Crippen LogP) is 3.29. The molecule has 0 amide bonds. The molecule has 0 saturated heterocycles. The van der Waals surface area contributed by atoms with E-state index in [1.165, 1.54) is 23.2 Å². The maximum absolute atomic E-state index is 4.33. The highest BCUT2D eigenvalue weighted by molar-refractivity contribution is 5.79. The smallest absolute Gasteiger partial charge is 0.0997 e. The number of benzene rings is 1. The van der Waals surface area contributed by atoms with Crippen molar-refractivity contribution >= 4 is 5.69 Å². The number of hydrogen-bond donors (Lipinski definition) is 1. The Bertz CT molecular complexity index is 761. The zero-order valence-corrected chi connectivity index (χ0v) is 11.7. The largest absolute Gasteiger partial charge is 0.384 e. The zero-order chi connectivity index (χ0) is 14.1. The fourth-order valence-corrected chi connectivity index (χ4v) is 2.92. The van der Waals surface area contributed by atoms with E-state index in [9.17, 15) is 0 Å². The van der Waals surface area contributed by atoms with Gasteiger partial charge in [-0.2, -0.15) is 0 Å². The summed E-state index contributed by atoms with van der Waals surface area (Å²) in [6.07, 6.45) is 9.73. The summed E-state index contributed by atoms with van der Waals surface area (Å²) in [6, 6.07) is 10.5. The quantitative estimate of drug-likeness (QED) is 0.781. The number of nitrogens with one attached hydrogen (secondary N) is 1. The van der Waals surface area contributed by atoms with Crippen LogP contribution in [0.5, 0.6) is 0 Å². The Hall–Kier alpha value is -2.62. The molecule has 0 bridgehead atoms. The second-order valence-corrected chi connectivity index (χ2v) is 5.23. The van der Waals surface area contributed by atoms with Crippen LogP contribution in [-0.4, -0.2) is 21.1 Å². The van der Waals surface area contributed by atoms with Crippen LogP contribution < -0.4 is 5.32 Å². The SMILES string of the molecule is c1cncc(-n2cncc2-c2cccc3c2NCCC3)c1. The standard InChI is InChI=1S/C17H16N4/c1-4-13-5-2-9-20-17(13)15(7-1)16-11-19-12-21(16)14-6-3-8-18-10-14/h1,3-4,6-8,10-12,20H,2,5,9H2. The van der Waals surface area contributed by atoms with E-state index in [4.69, 9.17) is 0 Å². The van der Waals surface area contributed by atoms with Crippen LogP contribution in [0.15, 0.2) is 55.2 Å². The first-order valence-corrected chi connectivity index (χ1v) is 7.22. The molecule has 1 aliphatic heterocycles. The van der Waals surface area contributed by atoms with E-state index in [2.05, 4.69) is 38.1 Å². The van der Waals surface area contributed by atoms with Crippen molar-refractivity contribution in [3.63, 3.8) is 0 Å². The average molecular weight is 276 g/mol. The summed E-state index contributed by atoms with van der Waals surface area (Å²) in [5.41, 5.74) is 5.95. The third-order valence-corrected chi connectivity index (χ3v) is 3.91. The Morgan fingerprint density at radius 2 is 2.05 bits per heavy atom. The number of fused-ring (bicyclic) bond motifs is 1. The fraction of sp³-hybridized carbons (Fsp3) is 0.176. The van der Waals surface area contributed by atoms with Crippen molar-refractivity contribution in [2.75, 3.05) is 11.9 Å². The van der Waals surface area contributed by atoms with Crippen molar-refractivity contribution in [2.24, 2.45) is 0 Å². The van der Waals surface area contributed by atoms with Gasteiger partial charge < -0.3 is 5.32 Å². The van der Waals surface area contributed by atoms with Gasteiger partial charge in [0.25, 0.3) is 0 Å². The highest BCUT2D eigenvalue weighted by atomic mass is 15.1. The molecule has 4 heteroatoms. The molecule has 1 N–H and O–H groups in total. The van der Waals surface area contributed by atoms with E-state index in [1.807, 2.05) is 30.9 Å². The molecule has 0 fully saturated rings. The third-order valence-electron chi connectivity index (χ3n) is 3.91. The van der Waals surface area contributed by atoms with Crippen molar-refractivity contribution in [1.29, 1.82) is 0 Å². The summed E-state index contributed by atoms with van der Waals surface area (Å²) < 4.78 is 2.08. The van der Waals surface area contributed by atoms with Gasteiger partial charge in [-0.25, -0.2) is 4.98 Å². The average Bonchev–Trinajstić information content (AvgIpc) is 3.04. The molecule has 4 nitrogen and oxygen atoms in total. The minimum absolute atomic E-state index is 1.03. The summed E-state index contributed by atoms with van der Waals surface area (Å²) in [5, 5.41) is 3.54. The Labute approximate surface area is 123 Å². The van der Waals surface area contributed by atoms with Gasteiger partial charge in [0.2, 0.25) is 0 Å². The fourth-order valence-electron chi connectivity index (χ4n) is 2.92. The highest BCUT2D eigenvalue weighted by Gasteiger charge is 2.16. The number of nitrogens with zero attached hydrogens (tertiary/aromatic N) is 3. The van der Waals surface area contributed by atoms with Crippen molar-refractivity contribution in [3.05, 3.63) is 60.8 Å². The number of anilines is 1. The normalized spacial score (nSPS) is 13.5. The number of rotatable bonds is 2. The first-order valence-electron chi connectivity index (χ1n) is 7.22. The lowest BCUT2D eigenvalue weighted by Gasteiger charge is -2.21. The lowest BCUT2D eigenvalue weighted by molar-refractivity contribution is 0.830. The molecule has 0 unspecified atom stereocenters. The molecule has 104 valence electrons. The van der Waals surface area contributed by atoms with Crippen LogP contribution in [0.3, 0.4) is 0 Å². The highest BCUT2D eigenvalue weighted by Crippen LogP contribution is 2.34. The second-order valence-electron chi connectivity index (χ2n) is 5.23. The van der Waals surface area contributed by atoms with E-state index in [0.717, 1.165) is 24.3 Å². The molecular formula is C17H16N4. The van der Waals surface area contributed by atoms with Gasteiger partial charge in [0.05, 0.1) is 30.1 Å². The van der Waals surface area contributed by atoms with Crippen molar-refractivity contribution in [1.82, 2.24) is 14.5 Å². The van der Waals surface area contributed by atoms with Crippen LogP contribution in [-0.2, 0) is 6.42 Å². The summed E-state index contributed by atoms with van der Waals surface area (Å²) >= 11 is 0. The Morgan fingerprint density at radius 3 is 2.95 bits per heavy atom. The molecule has 1 aromatic carbocycles. The number of hydrogen-bond acceptors (Lipinski definition) is 3. The van der Waals surface area contributed by atoms with E-state index in [0.29, 0.717) is 0 Å². The van der Waals surface area contributed by atoms with Gasteiger partial charge in [-0.3, -0.25) is 9.55 Å². The summed E-state index contributed by atoms with van der Waals surface area (Å²) in [5.74, 6) is 0. The zero-order valence-electron chi connectivity index (χ0n) is 11.7.